The third-order valence-electron chi connectivity index (χ3n) is 3.76. The zero-order valence-electron chi connectivity index (χ0n) is 10.6. The third-order valence-corrected chi connectivity index (χ3v) is 3.76. The minimum Gasteiger partial charge on any atom is -0.481 e. The van der Waals surface area contributed by atoms with E-state index in [0.29, 0.717) is 11.3 Å². The maximum absolute atomic E-state index is 12.9. The number of aliphatic carboxylic acids is 1. The van der Waals surface area contributed by atoms with Gasteiger partial charge < -0.3 is 14.6 Å². The molecule has 0 spiro atoms. The summed E-state index contributed by atoms with van der Waals surface area (Å²) in [6, 6.07) is 2.63. The molecule has 0 bridgehead atoms. The Hall–Kier alpha value is -1.85. The van der Waals surface area contributed by atoms with Gasteiger partial charge in [0.2, 0.25) is 6.79 Å². The van der Waals surface area contributed by atoms with Crippen molar-refractivity contribution in [1.29, 1.82) is 0 Å². The van der Waals surface area contributed by atoms with Crippen LogP contribution in [0.2, 0.25) is 0 Å². The number of fused-ring (bicyclic) bond motifs is 1. The number of rotatable bonds is 5. The molecule has 0 radical (unpaired) electrons. The van der Waals surface area contributed by atoms with Gasteiger partial charge in [-0.2, -0.15) is 0 Å². The van der Waals surface area contributed by atoms with Crippen LogP contribution in [0.4, 0.5) is 8.78 Å². The molecule has 0 saturated heterocycles. The minimum atomic E-state index is -2.62. The number of ether oxygens (including phenoxy) is 2. The van der Waals surface area contributed by atoms with Crippen molar-refractivity contribution in [2.24, 2.45) is 5.92 Å². The normalized spacial score (nSPS) is 18.4. The van der Waals surface area contributed by atoms with Gasteiger partial charge in [-0.3, -0.25) is 4.79 Å². The first-order valence-corrected chi connectivity index (χ1v) is 6.49. The molecule has 1 aromatic carbocycles. The molecule has 20 heavy (non-hydrogen) atoms. The van der Waals surface area contributed by atoms with E-state index in [1.165, 1.54) is 12.1 Å². The Labute approximate surface area is 114 Å². The number of carboxylic acid groups (broad SMARTS) is 1. The van der Waals surface area contributed by atoms with Crippen LogP contribution in [0.5, 0.6) is 11.5 Å². The molecule has 1 aromatic rings. The van der Waals surface area contributed by atoms with Crippen molar-refractivity contribution in [3.8, 4) is 11.5 Å². The van der Waals surface area contributed by atoms with Gasteiger partial charge in [-0.15, -0.1) is 0 Å². The van der Waals surface area contributed by atoms with Crippen molar-refractivity contribution in [1.82, 2.24) is 0 Å². The Balaban J connectivity index is 2.03. The lowest BCUT2D eigenvalue weighted by Gasteiger charge is -2.18. The van der Waals surface area contributed by atoms with E-state index in [0.717, 1.165) is 12.8 Å². The van der Waals surface area contributed by atoms with E-state index in [2.05, 4.69) is 0 Å². The number of benzene rings is 1. The average Bonchev–Trinajstić information content (AvgIpc) is 3.12. The van der Waals surface area contributed by atoms with E-state index in [1.54, 1.807) is 0 Å². The van der Waals surface area contributed by atoms with E-state index < -0.39 is 12.4 Å². The van der Waals surface area contributed by atoms with E-state index >= 15 is 0 Å². The van der Waals surface area contributed by atoms with Crippen LogP contribution in [0, 0.1) is 5.92 Å². The van der Waals surface area contributed by atoms with Crippen LogP contribution in [0.25, 0.3) is 0 Å². The molecule has 1 heterocycles. The van der Waals surface area contributed by atoms with E-state index in [-0.39, 0.29) is 36.4 Å². The van der Waals surface area contributed by atoms with E-state index in [9.17, 15) is 13.6 Å². The third kappa shape index (κ3) is 2.42. The molecule has 6 heteroatoms. The Morgan fingerprint density at radius 2 is 2.10 bits per heavy atom. The predicted molar refractivity (Wildman–Crippen MR) is 65.2 cm³/mol. The second kappa shape index (κ2) is 4.92. The molecule has 0 aromatic heterocycles. The fraction of sp³-hybridized carbons (Fsp3) is 0.500. The highest BCUT2D eigenvalue weighted by Gasteiger charge is 2.37. The van der Waals surface area contributed by atoms with Crippen molar-refractivity contribution in [2.75, 3.05) is 6.79 Å². The molecule has 1 saturated carbocycles. The summed E-state index contributed by atoms with van der Waals surface area (Å²) in [5, 5.41) is 9.03. The fourth-order valence-electron chi connectivity index (χ4n) is 2.68. The number of carbonyl (C=O) groups is 1. The largest absolute Gasteiger partial charge is 0.481 e. The lowest BCUT2D eigenvalue weighted by atomic mass is 9.89. The maximum Gasteiger partial charge on any atom is 0.303 e. The minimum absolute atomic E-state index is 0.0144. The summed E-state index contributed by atoms with van der Waals surface area (Å²) in [4.78, 5) is 11.0. The highest BCUT2D eigenvalue weighted by atomic mass is 19.3. The predicted octanol–water partition coefficient (Wildman–Crippen LogP) is 3.32. The molecule has 1 fully saturated rings. The van der Waals surface area contributed by atoms with Crippen molar-refractivity contribution in [3.63, 3.8) is 0 Å². The van der Waals surface area contributed by atoms with Crippen LogP contribution in [0.1, 0.15) is 42.7 Å². The molecule has 1 aliphatic carbocycles. The van der Waals surface area contributed by atoms with Crippen LogP contribution in [0.3, 0.4) is 0 Å². The molecule has 1 N–H and O–H groups in total. The standard InChI is InChI=1S/C14H14F2O4/c15-14(16)8-3-10(13-11(4-8)19-6-20-13)9(5-12(17)18)7-1-2-7/h3-4,7,9,14H,1-2,5-6H2,(H,17,18). The van der Waals surface area contributed by atoms with E-state index in [1.807, 2.05) is 0 Å². The van der Waals surface area contributed by atoms with Gasteiger partial charge in [-0.05, 0) is 30.9 Å². The van der Waals surface area contributed by atoms with Gasteiger partial charge in [-0.25, -0.2) is 8.78 Å². The van der Waals surface area contributed by atoms with Gasteiger partial charge in [0.1, 0.15) is 0 Å². The monoisotopic (exact) mass is 284 g/mol. The number of alkyl halides is 2. The van der Waals surface area contributed by atoms with Crippen LogP contribution >= 0.6 is 0 Å². The van der Waals surface area contributed by atoms with Crippen LogP contribution in [-0.4, -0.2) is 17.9 Å². The molecule has 1 atom stereocenters. The fourth-order valence-corrected chi connectivity index (χ4v) is 2.68. The molecular formula is C14H14F2O4. The highest BCUT2D eigenvalue weighted by molar-refractivity contribution is 5.69. The van der Waals surface area contributed by atoms with Crippen molar-refractivity contribution < 1.29 is 28.2 Å². The van der Waals surface area contributed by atoms with Crippen LogP contribution < -0.4 is 9.47 Å². The molecule has 2 aliphatic rings. The first-order valence-electron chi connectivity index (χ1n) is 6.49. The number of halogens is 2. The summed E-state index contributed by atoms with van der Waals surface area (Å²) in [5.41, 5.74) is 0.389. The topological polar surface area (TPSA) is 55.8 Å². The first-order chi connectivity index (χ1) is 9.56. The van der Waals surface area contributed by atoms with Gasteiger partial charge in [0.25, 0.3) is 6.43 Å². The van der Waals surface area contributed by atoms with Crippen molar-refractivity contribution in [2.45, 2.75) is 31.6 Å². The van der Waals surface area contributed by atoms with Crippen LogP contribution in [-0.2, 0) is 4.79 Å². The summed E-state index contributed by atoms with van der Waals surface area (Å²) in [6.07, 6.45) is -0.848. The zero-order chi connectivity index (χ0) is 14.3. The Morgan fingerprint density at radius 3 is 2.70 bits per heavy atom. The molecule has 4 nitrogen and oxygen atoms in total. The zero-order valence-corrected chi connectivity index (χ0v) is 10.6. The highest BCUT2D eigenvalue weighted by Crippen LogP contribution is 2.51. The maximum atomic E-state index is 12.9. The lowest BCUT2D eigenvalue weighted by Crippen LogP contribution is -2.10. The Morgan fingerprint density at radius 1 is 1.35 bits per heavy atom. The van der Waals surface area contributed by atoms with Crippen molar-refractivity contribution in [3.05, 3.63) is 23.3 Å². The van der Waals surface area contributed by atoms with Gasteiger partial charge in [-0.1, -0.05) is 0 Å². The second-order valence-corrected chi connectivity index (χ2v) is 5.19. The summed E-state index contributed by atoms with van der Waals surface area (Å²) in [5.74, 6) is -0.285. The molecular weight excluding hydrogens is 270 g/mol. The summed E-state index contributed by atoms with van der Waals surface area (Å²) in [7, 11) is 0. The number of carboxylic acids is 1. The summed E-state index contributed by atoms with van der Waals surface area (Å²) >= 11 is 0. The Bertz CT molecular complexity index is 540. The van der Waals surface area contributed by atoms with Crippen LogP contribution in [0.15, 0.2) is 12.1 Å². The van der Waals surface area contributed by atoms with Gasteiger partial charge >= 0.3 is 5.97 Å². The molecule has 1 unspecified atom stereocenters. The SMILES string of the molecule is O=C(O)CC(c1cc(C(F)F)cc2c1OCO2)C1CC1. The molecule has 108 valence electrons. The first kappa shape index (κ1) is 13.1. The van der Waals surface area contributed by atoms with Gasteiger partial charge in [0, 0.05) is 17.0 Å². The number of hydrogen-bond donors (Lipinski definition) is 1. The Kier molecular flexibility index (Phi) is 3.23. The summed E-state index contributed by atoms with van der Waals surface area (Å²) in [6.45, 7) is -0.0144. The average molecular weight is 284 g/mol. The van der Waals surface area contributed by atoms with E-state index in [4.69, 9.17) is 14.6 Å². The molecule has 3 rings (SSSR count). The smallest absolute Gasteiger partial charge is 0.303 e. The second-order valence-electron chi connectivity index (χ2n) is 5.19. The quantitative estimate of drug-likeness (QED) is 0.901. The molecule has 0 amide bonds. The van der Waals surface area contributed by atoms with Crippen molar-refractivity contribution >= 4 is 5.97 Å². The van der Waals surface area contributed by atoms with Gasteiger partial charge in [0.05, 0.1) is 6.42 Å². The van der Waals surface area contributed by atoms with Gasteiger partial charge in [0.15, 0.2) is 11.5 Å². The summed E-state index contributed by atoms with van der Waals surface area (Å²) < 4.78 is 36.4. The molecule has 1 aliphatic heterocycles. The number of hydrogen-bond acceptors (Lipinski definition) is 3. The lowest BCUT2D eigenvalue weighted by molar-refractivity contribution is -0.137.